The average molecular weight is 402 g/mol. The van der Waals surface area contributed by atoms with Gasteiger partial charge in [-0.3, -0.25) is 9.59 Å². The lowest BCUT2D eigenvalue weighted by atomic mass is 10.2. The van der Waals surface area contributed by atoms with E-state index in [9.17, 15) is 9.59 Å². The molecule has 0 bridgehead atoms. The molecule has 0 aliphatic carbocycles. The second-order valence-electron chi connectivity index (χ2n) is 6.26. The molecule has 0 atom stereocenters. The van der Waals surface area contributed by atoms with Crippen LogP contribution in [0.4, 0.5) is 0 Å². The molecule has 0 fully saturated rings. The Bertz CT molecular complexity index is 1190. The maximum Gasteiger partial charge on any atom is 0.266 e. The van der Waals surface area contributed by atoms with E-state index in [-0.39, 0.29) is 24.6 Å². The first kappa shape index (κ1) is 19.1. The SMILES string of the molecule is O=C(NCCn1nc(-n2cncn2)ccc1=O)c1ccccc1Oc1ccccc1. The van der Waals surface area contributed by atoms with Gasteiger partial charge >= 0.3 is 0 Å². The molecule has 4 rings (SSSR count). The molecule has 2 aromatic heterocycles. The summed E-state index contributed by atoms with van der Waals surface area (Å²) in [6.07, 6.45) is 2.87. The minimum Gasteiger partial charge on any atom is -0.457 e. The molecule has 30 heavy (non-hydrogen) atoms. The second kappa shape index (κ2) is 8.82. The van der Waals surface area contributed by atoms with Gasteiger partial charge in [-0.05, 0) is 30.3 Å². The number of nitrogens with zero attached hydrogens (tertiary/aromatic N) is 5. The number of nitrogens with one attached hydrogen (secondary N) is 1. The fourth-order valence-corrected chi connectivity index (χ4v) is 2.78. The van der Waals surface area contributed by atoms with Crippen molar-refractivity contribution in [2.75, 3.05) is 6.54 Å². The highest BCUT2D eigenvalue weighted by Crippen LogP contribution is 2.24. The van der Waals surface area contributed by atoms with Crippen molar-refractivity contribution >= 4 is 5.91 Å². The van der Waals surface area contributed by atoms with Crippen LogP contribution in [0.5, 0.6) is 11.5 Å². The third-order valence-corrected chi connectivity index (χ3v) is 4.22. The summed E-state index contributed by atoms with van der Waals surface area (Å²) in [7, 11) is 0. The molecule has 4 aromatic rings. The first-order valence-corrected chi connectivity index (χ1v) is 9.24. The Morgan fingerprint density at radius 3 is 2.60 bits per heavy atom. The van der Waals surface area contributed by atoms with Crippen molar-refractivity contribution in [1.82, 2.24) is 29.9 Å². The third-order valence-electron chi connectivity index (χ3n) is 4.22. The summed E-state index contributed by atoms with van der Waals surface area (Å²) in [6.45, 7) is 0.418. The van der Waals surface area contributed by atoms with Crippen LogP contribution in [0.2, 0.25) is 0 Å². The quantitative estimate of drug-likeness (QED) is 0.507. The van der Waals surface area contributed by atoms with Gasteiger partial charge in [0.05, 0.1) is 12.1 Å². The predicted molar refractivity (Wildman–Crippen MR) is 109 cm³/mol. The molecule has 150 valence electrons. The molecule has 0 radical (unpaired) electrons. The molecule has 0 saturated heterocycles. The smallest absolute Gasteiger partial charge is 0.266 e. The van der Waals surface area contributed by atoms with E-state index in [0.29, 0.717) is 22.9 Å². The molecule has 1 N–H and O–H groups in total. The van der Waals surface area contributed by atoms with Crippen molar-refractivity contribution in [3.63, 3.8) is 0 Å². The monoisotopic (exact) mass is 402 g/mol. The number of ether oxygens (including phenoxy) is 1. The Balaban J connectivity index is 1.43. The van der Waals surface area contributed by atoms with Crippen LogP contribution >= 0.6 is 0 Å². The van der Waals surface area contributed by atoms with Gasteiger partial charge in [-0.25, -0.2) is 14.3 Å². The van der Waals surface area contributed by atoms with Crippen molar-refractivity contribution in [3.05, 3.63) is 95.3 Å². The van der Waals surface area contributed by atoms with Gasteiger partial charge in [-0.1, -0.05) is 30.3 Å². The highest BCUT2D eigenvalue weighted by atomic mass is 16.5. The number of rotatable bonds is 7. The van der Waals surface area contributed by atoms with Crippen molar-refractivity contribution in [2.45, 2.75) is 6.54 Å². The van der Waals surface area contributed by atoms with E-state index in [0.717, 1.165) is 0 Å². The van der Waals surface area contributed by atoms with E-state index >= 15 is 0 Å². The van der Waals surface area contributed by atoms with Crippen LogP contribution in [0, 0.1) is 0 Å². The van der Waals surface area contributed by atoms with Crippen LogP contribution < -0.4 is 15.6 Å². The molecular formula is C21H18N6O3. The van der Waals surface area contributed by atoms with Crippen molar-refractivity contribution < 1.29 is 9.53 Å². The fourth-order valence-electron chi connectivity index (χ4n) is 2.78. The van der Waals surface area contributed by atoms with Gasteiger partial charge in [0.2, 0.25) is 0 Å². The molecule has 0 unspecified atom stereocenters. The number of para-hydroxylation sites is 2. The van der Waals surface area contributed by atoms with Gasteiger partial charge in [-0.15, -0.1) is 5.10 Å². The number of aromatic nitrogens is 5. The highest BCUT2D eigenvalue weighted by Gasteiger charge is 2.13. The number of hydrogen-bond acceptors (Lipinski definition) is 6. The van der Waals surface area contributed by atoms with Gasteiger partial charge in [0, 0.05) is 12.6 Å². The topological polar surface area (TPSA) is 104 Å². The molecule has 9 nitrogen and oxygen atoms in total. The zero-order chi connectivity index (χ0) is 20.8. The van der Waals surface area contributed by atoms with E-state index in [1.54, 1.807) is 30.3 Å². The lowest BCUT2D eigenvalue weighted by molar-refractivity contribution is 0.0949. The Hall–Kier alpha value is -4.27. The Morgan fingerprint density at radius 2 is 1.80 bits per heavy atom. The highest BCUT2D eigenvalue weighted by molar-refractivity contribution is 5.97. The lowest BCUT2D eigenvalue weighted by Crippen LogP contribution is -2.32. The zero-order valence-corrected chi connectivity index (χ0v) is 15.9. The van der Waals surface area contributed by atoms with E-state index in [2.05, 4.69) is 20.5 Å². The molecule has 0 aliphatic rings. The molecular weight excluding hydrogens is 384 g/mol. The van der Waals surface area contributed by atoms with E-state index in [4.69, 9.17) is 4.74 Å². The largest absolute Gasteiger partial charge is 0.457 e. The second-order valence-corrected chi connectivity index (χ2v) is 6.26. The Labute approximate surface area is 171 Å². The first-order chi connectivity index (χ1) is 14.7. The Kier molecular flexibility index (Phi) is 5.61. The van der Waals surface area contributed by atoms with Crippen molar-refractivity contribution in [1.29, 1.82) is 0 Å². The number of benzene rings is 2. The lowest BCUT2D eigenvalue weighted by Gasteiger charge is -2.12. The molecule has 0 spiro atoms. The number of hydrogen-bond donors (Lipinski definition) is 1. The standard InChI is InChI=1S/C21H18N6O3/c28-20-11-10-19(27-15-22-14-24-27)25-26(20)13-12-23-21(29)17-8-4-5-9-18(17)30-16-6-2-1-3-7-16/h1-11,14-15H,12-13H2,(H,23,29). The zero-order valence-electron chi connectivity index (χ0n) is 15.9. The molecule has 2 heterocycles. The van der Waals surface area contributed by atoms with Crippen LogP contribution in [0.1, 0.15) is 10.4 Å². The normalized spacial score (nSPS) is 10.5. The van der Waals surface area contributed by atoms with Crippen molar-refractivity contribution in [3.8, 4) is 17.3 Å². The van der Waals surface area contributed by atoms with Crippen LogP contribution in [-0.4, -0.2) is 37.0 Å². The van der Waals surface area contributed by atoms with E-state index in [1.165, 1.54) is 28.1 Å². The van der Waals surface area contributed by atoms with Crippen LogP contribution in [0.15, 0.2) is 84.2 Å². The van der Waals surface area contributed by atoms with Crippen LogP contribution in [0.25, 0.3) is 5.82 Å². The average Bonchev–Trinajstić information content (AvgIpc) is 3.31. The fraction of sp³-hybridized carbons (Fsp3) is 0.0952. The molecule has 2 aromatic carbocycles. The van der Waals surface area contributed by atoms with Gasteiger partial charge in [0.25, 0.3) is 11.5 Å². The van der Waals surface area contributed by atoms with Crippen LogP contribution in [0.3, 0.4) is 0 Å². The molecule has 0 saturated carbocycles. The van der Waals surface area contributed by atoms with Crippen LogP contribution in [-0.2, 0) is 6.54 Å². The summed E-state index contributed by atoms with van der Waals surface area (Å²) in [6, 6.07) is 19.2. The van der Waals surface area contributed by atoms with Crippen molar-refractivity contribution in [2.24, 2.45) is 0 Å². The minimum atomic E-state index is -0.304. The Morgan fingerprint density at radius 1 is 1.00 bits per heavy atom. The van der Waals surface area contributed by atoms with E-state index in [1.807, 2.05) is 30.3 Å². The maximum absolute atomic E-state index is 12.7. The maximum atomic E-state index is 12.7. The summed E-state index contributed by atoms with van der Waals surface area (Å²) in [4.78, 5) is 28.6. The summed E-state index contributed by atoms with van der Waals surface area (Å²) in [5.74, 6) is 1.24. The third kappa shape index (κ3) is 4.41. The summed E-state index contributed by atoms with van der Waals surface area (Å²) in [5, 5.41) is 11.0. The van der Waals surface area contributed by atoms with Gasteiger partial charge in [0.15, 0.2) is 5.82 Å². The molecule has 0 aliphatic heterocycles. The minimum absolute atomic E-state index is 0.203. The summed E-state index contributed by atoms with van der Waals surface area (Å²) in [5.41, 5.74) is 0.124. The predicted octanol–water partition coefficient (Wildman–Crippen LogP) is 2.05. The van der Waals surface area contributed by atoms with Gasteiger partial charge in [0.1, 0.15) is 24.2 Å². The number of carbonyl (C=O) groups excluding carboxylic acids is 1. The number of amides is 1. The van der Waals surface area contributed by atoms with Gasteiger partial charge < -0.3 is 10.1 Å². The van der Waals surface area contributed by atoms with E-state index < -0.39 is 0 Å². The van der Waals surface area contributed by atoms with Gasteiger partial charge in [-0.2, -0.15) is 5.10 Å². The summed E-state index contributed by atoms with van der Waals surface area (Å²) >= 11 is 0. The molecule has 1 amide bonds. The summed E-state index contributed by atoms with van der Waals surface area (Å²) < 4.78 is 8.55. The number of carbonyl (C=O) groups is 1. The first-order valence-electron chi connectivity index (χ1n) is 9.24. The molecule has 9 heteroatoms.